The number of hydrogen-bond donors (Lipinski definition) is 2. The van der Waals surface area contributed by atoms with Crippen molar-refractivity contribution >= 4 is 5.91 Å². The maximum atomic E-state index is 12.5. The van der Waals surface area contributed by atoms with Crippen LogP contribution >= 0.6 is 0 Å². The summed E-state index contributed by atoms with van der Waals surface area (Å²) < 4.78 is 0. The molecule has 0 radical (unpaired) electrons. The first-order valence-electron chi connectivity index (χ1n) is 8.56. The molecule has 0 fully saturated rings. The van der Waals surface area contributed by atoms with E-state index < -0.39 is 5.54 Å². The Balaban J connectivity index is 2.10. The van der Waals surface area contributed by atoms with E-state index in [-0.39, 0.29) is 31.0 Å². The minimum atomic E-state index is -0.879. The Morgan fingerprint density at radius 3 is 2.83 bits per heavy atom. The van der Waals surface area contributed by atoms with Crippen LogP contribution in [0.15, 0.2) is 24.3 Å². The van der Waals surface area contributed by atoms with Gasteiger partial charge in [-0.3, -0.25) is 9.69 Å². The number of hydrogen-bond acceptors (Lipinski definition) is 4. The van der Waals surface area contributed by atoms with Gasteiger partial charge in [-0.05, 0) is 36.8 Å². The molecule has 0 bridgehead atoms. The van der Waals surface area contributed by atoms with Crippen LogP contribution in [0.25, 0.3) is 0 Å². The zero-order chi connectivity index (χ0) is 17.7. The van der Waals surface area contributed by atoms with Crippen LogP contribution in [-0.2, 0) is 11.2 Å². The lowest BCUT2D eigenvalue weighted by molar-refractivity contribution is -0.124. The molecule has 130 valence electrons. The predicted octanol–water partition coefficient (Wildman–Crippen LogP) is 2.02. The summed E-state index contributed by atoms with van der Waals surface area (Å²) in [5.74, 6) is -0.157. The zero-order valence-corrected chi connectivity index (χ0v) is 14.7. The van der Waals surface area contributed by atoms with E-state index >= 15 is 0 Å². The molecule has 1 amide bonds. The smallest absolute Gasteiger partial charge is 0.235 e. The molecule has 24 heavy (non-hydrogen) atoms. The van der Waals surface area contributed by atoms with Crippen LogP contribution in [0.4, 0.5) is 0 Å². The number of amides is 1. The van der Waals surface area contributed by atoms with E-state index in [0.717, 1.165) is 12.8 Å². The van der Waals surface area contributed by atoms with Crippen LogP contribution in [0.2, 0.25) is 0 Å². The second kappa shape index (κ2) is 7.78. The van der Waals surface area contributed by atoms with Gasteiger partial charge < -0.3 is 10.4 Å². The van der Waals surface area contributed by atoms with E-state index in [1.807, 2.05) is 30.9 Å². The summed E-state index contributed by atoms with van der Waals surface area (Å²) >= 11 is 0. The van der Waals surface area contributed by atoms with E-state index in [4.69, 9.17) is 0 Å². The first-order valence-corrected chi connectivity index (χ1v) is 8.56. The Kier molecular flexibility index (Phi) is 5.98. The molecule has 0 aromatic heterocycles. The topological polar surface area (TPSA) is 76.4 Å². The summed E-state index contributed by atoms with van der Waals surface area (Å²) in [6, 6.07) is 10.6. The molecule has 2 rings (SSSR count). The normalized spacial score (nSPS) is 19.0. The summed E-state index contributed by atoms with van der Waals surface area (Å²) in [6.07, 6.45) is 1.94. The third-order valence-corrected chi connectivity index (χ3v) is 5.06. The summed E-state index contributed by atoms with van der Waals surface area (Å²) in [5, 5.41) is 21.6. The zero-order valence-electron chi connectivity index (χ0n) is 14.7. The van der Waals surface area contributed by atoms with Crippen molar-refractivity contribution in [3.05, 3.63) is 35.4 Å². The molecular formula is C19H27N3O2. The monoisotopic (exact) mass is 329 g/mol. The largest absolute Gasteiger partial charge is 0.395 e. The molecule has 1 aliphatic rings. The molecule has 2 atom stereocenters. The lowest BCUT2D eigenvalue weighted by atomic mass is 9.90. The fraction of sp³-hybridized carbons (Fsp3) is 0.579. The number of aliphatic hydroxyl groups excluding tert-OH is 1. The van der Waals surface area contributed by atoms with Gasteiger partial charge in [0.2, 0.25) is 5.91 Å². The van der Waals surface area contributed by atoms with Gasteiger partial charge in [0.05, 0.1) is 19.2 Å². The van der Waals surface area contributed by atoms with Gasteiger partial charge in [-0.15, -0.1) is 0 Å². The molecule has 0 heterocycles. The van der Waals surface area contributed by atoms with Gasteiger partial charge in [0.25, 0.3) is 0 Å². The van der Waals surface area contributed by atoms with Gasteiger partial charge in [-0.25, -0.2) is 0 Å². The van der Waals surface area contributed by atoms with E-state index in [2.05, 4.69) is 23.5 Å². The lowest BCUT2D eigenvalue weighted by Crippen LogP contribution is -2.52. The number of aliphatic hydroxyl groups is 1. The molecule has 5 heteroatoms. The summed E-state index contributed by atoms with van der Waals surface area (Å²) in [6.45, 7) is 6.22. The molecule has 0 saturated carbocycles. The Morgan fingerprint density at radius 2 is 2.21 bits per heavy atom. The molecule has 2 unspecified atom stereocenters. The second-order valence-corrected chi connectivity index (χ2v) is 6.96. The van der Waals surface area contributed by atoms with Crippen molar-refractivity contribution in [3.8, 4) is 6.07 Å². The number of nitriles is 1. The Hall–Kier alpha value is -1.90. The van der Waals surface area contributed by atoms with Crippen molar-refractivity contribution in [2.75, 3.05) is 19.7 Å². The van der Waals surface area contributed by atoms with Crippen LogP contribution in [0.5, 0.6) is 0 Å². The average molecular weight is 329 g/mol. The fourth-order valence-electron chi connectivity index (χ4n) is 3.20. The molecular weight excluding hydrogens is 302 g/mol. The minimum Gasteiger partial charge on any atom is -0.395 e. The maximum Gasteiger partial charge on any atom is 0.235 e. The summed E-state index contributed by atoms with van der Waals surface area (Å²) in [7, 11) is 0. The van der Waals surface area contributed by atoms with Gasteiger partial charge in [0.15, 0.2) is 0 Å². The highest BCUT2D eigenvalue weighted by Crippen LogP contribution is 2.35. The van der Waals surface area contributed by atoms with E-state index in [1.165, 1.54) is 11.1 Å². The minimum absolute atomic E-state index is 0.00560. The SMILES string of the molecule is CC(C)C(C)(C#N)NC(=O)CN(CCO)C1CCc2ccccc21. The van der Waals surface area contributed by atoms with Crippen molar-refractivity contribution in [1.29, 1.82) is 5.26 Å². The molecule has 0 saturated heterocycles. The van der Waals surface area contributed by atoms with Crippen LogP contribution in [-0.4, -0.2) is 41.1 Å². The fourth-order valence-corrected chi connectivity index (χ4v) is 3.20. The first kappa shape index (κ1) is 18.4. The standard InChI is InChI=1S/C19H27N3O2/c1-14(2)19(3,13-20)21-18(24)12-22(10-11-23)17-9-8-15-6-4-5-7-16(15)17/h4-7,14,17,23H,8-12H2,1-3H3,(H,21,24). The highest BCUT2D eigenvalue weighted by atomic mass is 16.3. The molecule has 0 aliphatic heterocycles. The number of nitrogens with zero attached hydrogens (tertiary/aromatic N) is 2. The highest BCUT2D eigenvalue weighted by Gasteiger charge is 2.33. The third kappa shape index (κ3) is 3.95. The lowest BCUT2D eigenvalue weighted by Gasteiger charge is -2.32. The van der Waals surface area contributed by atoms with Crippen LogP contribution in [0.3, 0.4) is 0 Å². The van der Waals surface area contributed by atoms with Crippen LogP contribution < -0.4 is 5.32 Å². The molecule has 1 aromatic carbocycles. The first-order chi connectivity index (χ1) is 11.4. The van der Waals surface area contributed by atoms with Gasteiger partial charge in [-0.2, -0.15) is 5.26 Å². The number of carbonyl (C=O) groups is 1. The molecule has 0 spiro atoms. The van der Waals surface area contributed by atoms with Gasteiger partial charge in [0.1, 0.15) is 5.54 Å². The van der Waals surface area contributed by atoms with E-state index in [9.17, 15) is 15.2 Å². The Bertz CT molecular complexity index is 623. The number of carbonyl (C=O) groups excluding carboxylic acids is 1. The van der Waals surface area contributed by atoms with Crippen molar-refractivity contribution < 1.29 is 9.90 Å². The van der Waals surface area contributed by atoms with Gasteiger partial charge in [0, 0.05) is 12.6 Å². The van der Waals surface area contributed by atoms with Crippen LogP contribution in [0, 0.1) is 17.2 Å². The van der Waals surface area contributed by atoms with Crippen molar-refractivity contribution in [2.45, 2.75) is 45.2 Å². The Morgan fingerprint density at radius 1 is 1.50 bits per heavy atom. The molecule has 1 aromatic rings. The number of benzene rings is 1. The highest BCUT2D eigenvalue weighted by molar-refractivity contribution is 5.79. The van der Waals surface area contributed by atoms with Crippen LogP contribution in [0.1, 0.15) is 44.4 Å². The second-order valence-electron chi connectivity index (χ2n) is 6.96. The number of nitrogens with one attached hydrogen (secondary N) is 1. The van der Waals surface area contributed by atoms with Gasteiger partial charge in [-0.1, -0.05) is 38.1 Å². The van der Waals surface area contributed by atoms with Crippen molar-refractivity contribution in [3.63, 3.8) is 0 Å². The summed E-state index contributed by atoms with van der Waals surface area (Å²) in [4.78, 5) is 14.5. The maximum absolute atomic E-state index is 12.5. The quantitative estimate of drug-likeness (QED) is 0.802. The van der Waals surface area contributed by atoms with Crippen molar-refractivity contribution in [1.82, 2.24) is 10.2 Å². The Labute approximate surface area is 144 Å². The number of aryl methyl sites for hydroxylation is 1. The predicted molar refractivity (Wildman–Crippen MR) is 93.2 cm³/mol. The third-order valence-electron chi connectivity index (χ3n) is 5.06. The molecule has 5 nitrogen and oxygen atoms in total. The van der Waals surface area contributed by atoms with Gasteiger partial charge >= 0.3 is 0 Å². The van der Waals surface area contributed by atoms with E-state index in [1.54, 1.807) is 6.92 Å². The molecule has 1 aliphatic carbocycles. The van der Waals surface area contributed by atoms with E-state index in [0.29, 0.717) is 6.54 Å². The number of fused-ring (bicyclic) bond motifs is 1. The average Bonchev–Trinajstić information content (AvgIpc) is 2.98. The summed E-state index contributed by atoms with van der Waals surface area (Å²) in [5.41, 5.74) is 1.68. The molecule has 2 N–H and O–H groups in total. The van der Waals surface area contributed by atoms with Crippen molar-refractivity contribution in [2.24, 2.45) is 5.92 Å². The number of rotatable bonds is 7.